The van der Waals surface area contributed by atoms with Gasteiger partial charge in [-0.1, -0.05) is 48.5 Å². The van der Waals surface area contributed by atoms with Gasteiger partial charge < -0.3 is 10.6 Å². The minimum absolute atomic E-state index is 0.000454. The number of nitrogens with zero attached hydrogens (tertiary/aromatic N) is 3. The zero-order valence-corrected chi connectivity index (χ0v) is 20.1. The van der Waals surface area contributed by atoms with Crippen LogP contribution in [0.2, 0.25) is 0 Å². The molecule has 1 amide bonds. The average Bonchev–Trinajstić information content (AvgIpc) is 3.33. The van der Waals surface area contributed by atoms with Gasteiger partial charge in [0.25, 0.3) is 5.91 Å². The molecule has 0 spiro atoms. The maximum Gasteiger partial charge on any atom is 0.269 e. The van der Waals surface area contributed by atoms with E-state index in [1.807, 2.05) is 47.4 Å². The lowest BCUT2D eigenvalue weighted by Gasteiger charge is -2.29. The Kier molecular flexibility index (Phi) is 6.83. The predicted octanol–water partition coefficient (Wildman–Crippen LogP) is 5.51. The van der Waals surface area contributed by atoms with Gasteiger partial charge in [-0.3, -0.25) is 9.69 Å². The van der Waals surface area contributed by atoms with E-state index in [0.717, 1.165) is 46.5 Å². The Balaban J connectivity index is 1.43. The molecule has 1 saturated heterocycles. The van der Waals surface area contributed by atoms with Crippen LogP contribution in [0.15, 0.2) is 72.9 Å². The van der Waals surface area contributed by atoms with Crippen LogP contribution in [0.25, 0.3) is 10.1 Å². The fourth-order valence-electron chi connectivity index (χ4n) is 4.41. The number of anilines is 2. The van der Waals surface area contributed by atoms with Crippen LogP contribution in [0.4, 0.5) is 11.8 Å². The number of carbonyl (C=O) groups excluding carboxylic acids is 1. The number of piperidine rings is 1. The van der Waals surface area contributed by atoms with Crippen molar-refractivity contribution in [2.24, 2.45) is 5.92 Å². The maximum absolute atomic E-state index is 13.8. The molecule has 5 rings (SSSR count). The smallest absolute Gasteiger partial charge is 0.269 e. The van der Waals surface area contributed by atoms with E-state index in [0.29, 0.717) is 24.2 Å². The van der Waals surface area contributed by atoms with E-state index in [1.54, 1.807) is 6.20 Å². The van der Waals surface area contributed by atoms with Crippen molar-refractivity contribution >= 4 is 39.1 Å². The maximum atomic E-state index is 13.8. The Morgan fingerprint density at radius 2 is 1.88 bits per heavy atom. The molecule has 1 atom stereocenters. The van der Waals surface area contributed by atoms with Crippen LogP contribution >= 0.6 is 11.3 Å². The lowest BCUT2D eigenvalue weighted by molar-refractivity contribution is 0.0984. The Bertz CT molecular complexity index is 1220. The van der Waals surface area contributed by atoms with Crippen LogP contribution in [-0.2, 0) is 0 Å². The predicted molar refractivity (Wildman–Crippen MR) is 140 cm³/mol. The molecule has 2 aromatic carbocycles. The molecule has 1 fully saturated rings. The number of amides is 1. The topological polar surface area (TPSA) is 70.2 Å². The number of rotatable bonds is 7. The van der Waals surface area contributed by atoms with E-state index >= 15 is 0 Å². The summed E-state index contributed by atoms with van der Waals surface area (Å²) in [6, 6.07) is 22.2. The first-order valence-corrected chi connectivity index (χ1v) is 12.6. The standard InChI is InChI=1S/C27H29N5OS/c1-19(21-7-3-2-4-8-21)30-27-29-16-13-25(31-27)32(18-20-11-14-28-15-12-20)26(33)24-17-22-9-5-6-10-23(22)34-24/h2-10,13,16-17,19-20,28H,11-12,14-15,18H2,1H3,(H,29,30,31)/t19-/m1/s1. The summed E-state index contributed by atoms with van der Waals surface area (Å²) in [4.78, 5) is 25.6. The summed E-state index contributed by atoms with van der Waals surface area (Å²) in [5, 5.41) is 7.90. The van der Waals surface area contributed by atoms with Gasteiger partial charge in [-0.2, -0.15) is 4.98 Å². The zero-order valence-electron chi connectivity index (χ0n) is 19.3. The molecule has 0 aliphatic carbocycles. The van der Waals surface area contributed by atoms with Crippen molar-refractivity contribution in [1.82, 2.24) is 15.3 Å². The number of nitrogens with one attached hydrogen (secondary N) is 2. The first kappa shape index (κ1) is 22.5. The van der Waals surface area contributed by atoms with Gasteiger partial charge in [0.15, 0.2) is 0 Å². The molecule has 2 aromatic heterocycles. The molecule has 4 aromatic rings. The second-order valence-electron chi connectivity index (χ2n) is 8.77. The monoisotopic (exact) mass is 471 g/mol. The molecular formula is C27H29N5OS. The summed E-state index contributed by atoms with van der Waals surface area (Å²) >= 11 is 1.54. The largest absolute Gasteiger partial charge is 0.348 e. The van der Waals surface area contributed by atoms with Crippen molar-refractivity contribution in [1.29, 1.82) is 0 Å². The number of hydrogen-bond donors (Lipinski definition) is 2. The second-order valence-corrected chi connectivity index (χ2v) is 9.86. The molecule has 0 saturated carbocycles. The summed E-state index contributed by atoms with van der Waals surface area (Å²) in [5.74, 6) is 1.60. The average molecular weight is 472 g/mol. The highest BCUT2D eigenvalue weighted by molar-refractivity contribution is 7.20. The lowest BCUT2D eigenvalue weighted by Crippen LogP contribution is -2.39. The Hall–Kier alpha value is -3.29. The van der Waals surface area contributed by atoms with E-state index in [2.05, 4.69) is 46.8 Å². The van der Waals surface area contributed by atoms with Gasteiger partial charge in [-0.05, 0) is 67.9 Å². The van der Waals surface area contributed by atoms with Gasteiger partial charge in [-0.15, -0.1) is 11.3 Å². The zero-order chi connectivity index (χ0) is 23.3. The normalized spacial score (nSPS) is 15.2. The van der Waals surface area contributed by atoms with Gasteiger partial charge in [-0.25, -0.2) is 4.98 Å². The quantitative estimate of drug-likeness (QED) is 0.372. The van der Waals surface area contributed by atoms with Gasteiger partial charge in [0.2, 0.25) is 5.95 Å². The third kappa shape index (κ3) is 5.11. The number of fused-ring (bicyclic) bond motifs is 1. The summed E-state index contributed by atoms with van der Waals surface area (Å²) in [6.07, 6.45) is 3.84. The van der Waals surface area contributed by atoms with Crippen LogP contribution in [0.1, 0.15) is 41.0 Å². The summed E-state index contributed by atoms with van der Waals surface area (Å²) in [7, 11) is 0. The van der Waals surface area contributed by atoms with E-state index < -0.39 is 0 Å². The number of thiophene rings is 1. The Labute approximate surface area is 204 Å². The van der Waals surface area contributed by atoms with Gasteiger partial charge in [0.1, 0.15) is 5.82 Å². The SMILES string of the molecule is C[C@@H](Nc1nccc(N(CC2CCNCC2)C(=O)c2cc3ccccc3s2)n1)c1ccccc1. The highest BCUT2D eigenvalue weighted by atomic mass is 32.1. The van der Waals surface area contributed by atoms with Crippen molar-refractivity contribution in [3.05, 3.63) is 83.4 Å². The van der Waals surface area contributed by atoms with Crippen LogP contribution in [-0.4, -0.2) is 35.5 Å². The third-order valence-electron chi connectivity index (χ3n) is 6.34. The first-order chi connectivity index (χ1) is 16.7. The molecule has 2 N–H and O–H groups in total. The van der Waals surface area contributed by atoms with Crippen LogP contribution < -0.4 is 15.5 Å². The molecule has 1 aliphatic heterocycles. The molecular weight excluding hydrogens is 442 g/mol. The lowest BCUT2D eigenvalue weighted by atomic mass is 9.97. The van der Waals surface area contributed by atoms with Crippen LogP contribution in [0.5, 0.6) is 0 Å². The van der Waals surface area contributed by atoms with Gasteiger partial charge in [0, 0.05) is 17.4 Å². The highest BCUT2D eigenvalue weighted by Crippen LogP contribution is 2.29. The van der Waals surface area contributed by atoms with Crippen molar-refractivity contribution in [3.8, 4) is 0 Å². The van der Waals surface area contributed by atoms with Gasteiger partial charge >= 0.3 is 0 Å². The molecule has 34 heavy (non-hydrogen) atoms. The molecule has 7 heteroatoms. The second kappa shape index (κ2) is 10.3. The fourth-order valence-corrected chi connectivity index (χ4v) is 5.42. The van der Waals surface area contributed by atoms with Crippen LogP contribution in [0, 0.1) is 5.92 Å². The summed E-state index contributed by atoms with van der Waals surface area (Å²) in [6.45, 7) is 4.71. The van der Waals surface area contributed by atoms with Crippen LogP contribution in [0.3, 0.4) is 0 Å². The van der Waals surface area contributed by atoms with E-state index in [-0.39, 0.29) is 11.9 Å². The molecule has 174 valence electrons. The summed E-state index contributed by atoms with van der Waals surface area (Å²) < 4.78 is 1.12. The van der Waals surface area contributed by atoms with E-state index in [1.165, 1.54) is 11.3 Å². The van der Waals surface area contributed by atoms with Crippen molar-refractivity contribution < 1.29 is 4.79 Å². The Morgan fingerprint density at radius 1 is 1.12 bits per heavy atom. The molecule has 0 unspecified atom stereocenters. The number of benzene rings is 2. The molecule has 1 aliphatic rings. The summed E-state index contributed by atoms with van der Waals surface area (Å²) in [5.41, 5.74) is 1.16. The van der Waals surface area contributed by atoms with Crippen molar-refractivity contribution in [2.75, 3.05) is 29.9 Å². The van der Waals surface area contributed by atoms with Crippen molar-refractivity contribution in [3.63, 3.8) is 0 Å². The Morgan fingerprint density at radius 3 is 2.68 bits per heavy atom. The number of aromatic nitrogens is 2. The molecule has 6 nitrogen and oxygen atoms in total. The molecule has 0 bridgehead atoms. The highest BCUT2D eigenvalue weighted by Gasteiger charge is 2.26. The molecule has 3 heterocycles. The fraction of sp³-hybridized carbons (Fsp3) is 0.296. The minimum Gasteiger partial charge on any atom is -0.348 e. The van der Waals surface area contributed by atoms with Crippen molar-refractivity contribution in [2.45, 2.75) is 25.8 Å². The minimum atomic E-state index is 0.000454. The van der Waals surface area contributed by atoms with E-state index in [9.17, 15) is 4.79 Å². The number of carbonyl (C=O) groups is 1. The van der Waals surface area contributed by atoms with E-state index in [4.69, 9.17) is 4.98 Å². The third-order valence-corrected chi connectivity index (χ3v) is 7.45. The number of hydrogen-bond acceptors (Lipinski definition) is 6. The first-order valence-electron chi connectivity index (χ1n) is 11.8. The molecule has 0 radical (unpaired) electrons. The van der Waals surface area contributed by atoms with Gasteiger partial charge in [0.05, 0.1) is 10.9 Å².